The highest BCUT2D eigenvalue weighted by molar-refractivity contribution is 5.82. The molecule has 5 nitrogen and oxygen atoms in total. The van der Waals surface area contributed by atoms with Gasteiger partial charge in [-0.2, -0.15) is 0 Å². The van der Waals surface area contributed by atoms with Gasteiger partial charge in [0.1, 0.15) is 5.75 Å². The lowest BCUT2D eigenvalue weighted by Crippen LogP contribution is -2.24. The summed E-state index contributed by atoms with van der Waals surface area (Å²) in [5.74, 6) is 0.365. The predicted octanol–water partition coefficient (Wildman–Crippen LogP) is 3.69. The van der Waals surface area contributed by atoms with Crippen LogP contribution in [0.5, 0.6) is 5.75 Å². The Hall–Kier alpha value is -2.82. The summed E-state index contributed by atoms with van der Waals surface area (Å²) in [7, 11) is 0. The van der Waals surface area contributed by atoms with Crippen LogP contribution in [0.1, 0.15) is 48.8 Å². The van der Waals surface area contributed by atoms with Gasteiger partial charge in [0.15, 0.2) is 6.61 Å². The van der Waals surface area contributed by atoms with Crippen LogP contribution in [0.3, 0.4) is 0 Å². The van der Waals surface area contributed by atoms with Gasteiger partial charge in [-0.05, 0) is 47.1 Å². The third-order valence-electron chi connectivity index (χ3n) is 4.89. The van der Waals surface area contributed by atoms with E-state index < -0.39 is 5.97 Å². The molecule has 0 aromatic heterocycles. The SMILES string of the molecule is CC(C)c1ccc(C2CC2C(=O)NCc2cccc(OCC(=O)O)c2)cc1. The molecule has 1 amide bonds. The molecule has 0 saturated heterocycles. The Balaban J connectivity index is 1.50. The van der Waals surface area contributed by atoms with Gasteiger partial charge >= 0.3 is 5.97 Å². The second-order valence-corrected chi connectivity index (χ2v) is 7.32. The Morgan fingerprint density at radius 2 is 1.93 bits per heavy atom. The highest BCUT2D eigenvalue weighted by Crippen LogP contribution is 2.47. The highest BCUT2D eigenvalue weighted by atomic mass is 16.5. The number of amides is 1. The van der Waals surface area contributed by atoms with Gasteiger partial charge in [-0.25, -0.2) is 4.79 Å². The number of ether oxygens (including phenoxy) is 1. The molecule has 0 bridgehead atoms. The minimum atomic E-state index is -1.02. The van der Waals surface area contributed by atoms with Crippen molar-refractivity contribution in [1.29, 1.82) is 0 Å². The first-order valence-electron chi connectivity index (χ1n) is 9.25. The Morgan fingerprint density at radius 1 is 1.19 bits per heavy atom. The van der Waals surface area contributed by atoms with E-state index in [-0.39, 0.29) is 18.4 Å². The van der Waals surface area contributed by atoms with Gasteiger partial charge in [0.2, 0.25) is 5.91 Å². The van der Waals surface area contributed by atoms with Crippen molar-refractivity contribution in [2.45, 2.75) is 38.6 Å². The van der Waals surface area contributed by atoms with Gasteiger partial charge in [0.05, 0.1) is 0 Å². The fraction of sp³-hybridized carbons (Fsp3) is 0.364. The average Bonchev–Trinajstić information content (AvgIpc) is 3.46. The first-order valence-corrected chi connectivity index (χ1v) is 9.25. The van der Waals surface area contributed by atoms with Crippen molar-refractivity contribution < 1.29 is 19.4 Å². The molecule has 3 rings (SSSR count). The Bertz CT molecular complexity index is 813. The summed E-state index contributed by atoms with van der Waals surface area (Å²) in [6, 6.07) is 15.7. The van der Waals surface area contributed by atoms with Gasteiger partial charge in [0.25, 0.3) is 0 Å². The number of hydrogen-bond acceptors (Lipinski definition) is 3. The fourth-order valence-electron chi connectivity index (χ4n) is 3.19. The van der Waals surface area contributed by atoms with Crippen LogP contribution in [-0.4, -0.2) is 23.6 Å². The number of carboxylic acid groups (broad SMARTS) is 1. The van der Waals surface area contributed by atoms with Crippen molar-refractivity contribution in [3.05, 3.63) is 65.2 Å². The predicted molar refractivity (Wildman–Crippen MR) is 103 cm³/mol. The summed E-state index contributed by atoms with van der Waals surface area (Å²) >= 11 is 0. The van der Waals surface area contributed by atoms with Crippen LogP contribution in [-0.2, 0) is 16.1 Å². The first-order chi connectivity index (χ1) is 12.9. The zero-order valence-corrected chi connectivity index (χ0v) is 15.6. The molecule has 0 heterocycles. The number of aliphatic carboxylic acids is 1. The molecule has 0 radical (unpaired) electrons. The molecule has 0 aliphatic heterocycles. The number of carbonyl (C=O) groups is 2. The topological polar surface area (TPSA) is 75.6 Å². The van der Waals surface area contributed by atoms with E-state index in [1.54, 1.807) is 18.2 Å². The summed E-state index contributed by atoms with van der Waals surface area (Å²) in [5, 5.41) is 11.6. The lowest BCUT2D eigenvalue weighted by molar-refractivity contribution is -0.139. The van der Waals surface area contributed by atoms with Crippen LogP contribution in [0.25, 0.3) is 0 Å². The molecule has 1 fully saturated rings. The number of nitrogens with one attached hydrogen (secondary N) is 1. The monoisotopic (exact) mass is 367 g/mol. The summed E-state index contributed by atoms with van der Waals surface area (Å²) in [4.78, 5) is 23.0. The molecule has 2 unspecified atom stereocenters. The van der Waals surface area contributed by atoms with Crippen LogP contribution >= 0.6 is 0 Å². The van der Waals surface area contributed by atoms with Gasteiger partial charge in [-0.3, -0.25) is 4.79 Å². The lowest BCUT2D eigenvalue weighted by atomic mass is 10.00. The number of carboxylic acids is 1. The largest absolute Gasteiger partial charge is 0.482 e. The molecule has 27 heavy (non-hydrogen) atoms. The van der Waals surface area contributed by atoms with E-state index in [1.807, 2.05) is 6.07 Å². The van der Waals surface area contributed by atoms with Gasteiger partial charge in [-0.1, -0.05) is 50.2 Å². The molecule has 2 aromatic rings. The van der Waals surface area contributed by atoms with E-state index >= 15 is 0 Å². The van der Waals surface area contributed by atoms with E-state index in [9.17, 15) is 9.59 Å². The Kier molecular flexibility index (Phi) is 5.79. The molecule has 1 aliphatic rings. The quantitative estimate of drug-likeness (QED) is 0.746. The van der Waals surface area contributed by atoms with Crippen molar-refractivity contribution in [2.75, 3.05) is 6.61 Å². The molecule has 0 spiro atoms. The lowest BCUT2D eigenvalue weighted by Gasteiger charge is -2.09. The zero-order valence-electron chi connectivity index (χ0n) is 15.6. The fourth-order valence-corrected chi connectivity index (χ4v) is 3.19. The molecule has 142 valence electrons. The molecule has 1 aliphatic carbocycles. The van der Waals surface area contributed by atoms with Crippen molar-refractivity contribution in [3.8, 4) is 5.75 Å². The van der Waals surface area contributed by atoms with Crippen molar-refractivity contribution in [3.63, 3.8) is 0 Å². The number of carbonyl (C=O) groups excluding carboxylic acids is 1. The third kappa shape index (κ3) is 5.09. The molecule has 1 saturated carbocycles. The van der Waals surface area contributed by atoms with E-state index in [1.165, 1.54) is 11.1 Å². The standard InChI is InChI=1S/C22H25NO4/c1-14(2)16-6-8-17(9-7-16)19-11-20(19)22(26)23-12-15-4-3-5-18(10-15)27-13-21(24)25/h3-10,14,19-20H,11-13H2,1-2H3,(H,23,26)(H,24,25). The summed E-state index contributed by atoms with van der Waals surface area (Å²) in [6.45, 7) is 4.36. The van der Waals surface area contributed by atoms with Crippen LogP contribution in [0.2, 0.25) is 0 Å². The number of benzene rings is 2. The molecule has 2 atom stereocenters. The van der Waals surface area contributed by atoms with Crippen LogP contribution in [0, 0.1) is 5.92 Å². The summed E-state index contributed by atoms with van der Waals surface area (Å²) in [5.41, 5.74) is 3.42. The maximum absolute atomic E-state index is 12.4. The van der Waals surface area contributed by atoms with Gasteiger partial charge in [-0.15, -0.1) is 0 Å². The second-order valence-electron chi connectivity index (χ2n) is 7.32. The van der Waals surface area contributed by atoms with Gasteiger partial charge < -0.3 is 15.2 Å². The average molecular weight is 367 g/mol. The molecular weight excluding hydrogens is 342 g/mol. The first kappa shape index (κ1) is 19.0. The van der Waals surface area contributed by atoms with E-state index in [4.69, 9.17) is 9.84 Å². The number of hydrogen-bond donors (Lipinski definition) is 2. The number of rotatable bonds is 8. The van der Waals surface area contributed by atoms with Crippen LogP contribution in [0.4, 0.5) is 0 Å². The molecular formula is C22H25NO4. The maximum atomic E-state index is 12.4. The van der Waals surface area contributed by atoms with E-state index in [0.717, 1.165) is 12.0 Å². The van der Waals surface area contributed by atoms with Gasteiger partial charge in [0, 0.05) is 12.5 Å². The molecule has 2 N–H and O–H groups in total. The maximum Gasteiger partial charge on any atom is 0.341 e. The minimum Gasteiger partial charge on any atom is -0.482 e. The molecule has 5 heteroatoms. The van der Waals surface area contributed by atoms with Crippen LogP contribution < -0.4 is 10.1 Å². The smallest absolute Gasteiger partial charge is 0.341 e. The van der Waals surface area contributed by atoms with Crippen molar-refractivity contribution in [2.24, 2.45) is 5.92 Å². The Labute approximate surface area is 159 Å². The second kappa shape index (κ2) is 8.25. The van der Waals surface area contributed by atoms with Crippen molar-refractivity contribution >= 4 is 11.9 Å². The summed E-state index contributed by atoms with van der Waals surface area (Å²) in [6.07, 6.45) is 0.884. The summed E-state index contributed by atoms with van der Waals surface area (Å²) < 4.78 is 5.16. The Morgan fingerprint density at radius 3 is 2.59 bits per heavy atom. The van der Waals surface area contributed by atoms with Crippen molar-refractivity contribution in [1.82, 2.24) is 5.32 Å². The highest BCUT2D eigenvalue weighted by Gasteiger charge is 2.43. The van der Waals surface area contributed by atoms with Crippen LogP contribution in [0.15, 0.2) is 48.5 Å². The normalized spacial score (nSPS) is 18.2. The van der Waals surface area contributed by atoms with E-state index in [2.05, 4.69) is 43.4 Å². The molecule has 2 aromatic carbocycles. The zero-order chi connectivity index (χ0) is 19.4. The van der Waals surface area contributed by atoms with E-state index in [0.29, 0.717) is 24.1 Å². The third-order valence-corrected chi connectivity index (χ3v) is 4.89. The minimum absolute atomic E-state index is 0.0290.